The second-order valence-corrected chi connectivity index (χ2v) is 6.53. The maximum Gasteiger partial charge on any atom is 0.408 e. The molecule has 0 aliphatic carbocycles. The summed E-state index contributed by atoms with van der Waals surface area (Å²) in [6, 6.07) is 9.29. The predicted molar refractivity (Wildman–Crippen MR) is 98.9 cm³/mol. The van der Waals surface area contributed by atoms with E-state index in [9.17, 15) is 14.7 Å². The molecule has 3 N–H and O–H groups in total. The fourth-order valence-electron chi connectivity index (χ4n) is 3.68. The molecule has 2 amide bonds. The van der Waals surface area contributed by atoms with Crippen LogP contribution in [-0.2, 0) is 4.79 Å². The molecule has 2 aromatic rings. The molecule has 3 rings (SSSR count). The van der Waals surface area contributed by atoms with Gasteiger partial charge in [-0.05, 0) is 43.3 Å². The van der Waals surface area contributed by atoms with Crippen LogP contribution in [-0.4, -0.2) is 53.7 Å². The van der Waals surface area contributed by atoms with E-state index in [-0.39, 0.29) is 18.4 Å². The number of nitrogens with one attached hydrogen (secondary N) is 2. The second-order valence-electron chi connectivity index (χ2n) is 6.53. The van der Waals surface area contributed by atoms with E-state index in [1.165, 1.54) is 11.9 Å². The van der Waals surface area contributed by atoms with Crippen molar-refractivity contribution in [3.05, 3.63) is 42.2 Å². The van der Waals surface area contributed by atoms with E-state index in [4.69, 9.17) is 0 Å². The first-order chi connectivity index (χ1) is 12.6. The van der Waals surface area contributed by atoms with Crippen LogP contribution >= 0.6 is 0 Å². The van der Waals surface area contributed by atoms with Gasteiger partial charge in [0, 0.05) is 18.6 Å². The standard InChI is InChI=1S/C19H24N4O3/c1-20-16(24)12-23(19(25)26)18(14-6-9-21-10-7-14)17-15-5-3-2-4-13(15)8-11-22-17/h2-5,8,11,14,18,21H,6-7,9-10,12H2,1H3,(H,20,24)(H,25,26). The van der Waals surface area contributed by atoms with Gasteiger partial charge in [-0.25, -0.2) is 4.79 Å². The number of piperidine rings is 1. The highest BCUT2D eigenvalue weighted by molar-refractivity contribution is 5.86. The molecular formula is C19H24N4O3. The number of likely N-dealkylation sites (N-methyl/N-ethyl adjacent to an activating group) is 1. The van der Waals surface area contributed by atoms with Gasteiger partial charge >= 0.3 is 6.09 Å². The van der Waals surface area contributed by atoms with E-state index in [1.807, 2.05) is 30.3 Å². The van der Waals surface area contributed by atoms with E-state index >= 15 is 0 Å². The van der Waals surface area contributed by atoms with Crippen molar-refractivity contribution in [1.29, 1.82) is 0 Å². The van der Waals surface area contributed by atoms with Crippen molar-refractivity contribution in [2.24, 2.45) is 5.92 Å². The molecule has 1 aliphatic heterocycles. The third kappa shape index (κ3) is 3.77. The number of hydrogen-bond donors (Lipinski definition) is 3. The molecule has 0 saturated carbocycles. The Bertz CT molecular complexity index is 784. The quantitative estimate of drug-likeness (QED) is 0.762. The Hall–Kier alpha value is -2.67. The van der Waals surface area contributed by atoms with Gasteiger partial charge in [-0.3, -0.25) is 14.7 Å². The van der Waals surface area contributed by atoms with Gasteiger partial charge in [-0.2, -0.15) is 0 Å². The van der Waals surface area contributed by atoms with Gasteiger partial charge in [0.1, 0.15) is 6.54 Å². The smallest absolute Gasteiger partial charge is 0.408 e. The summed E-state index contributed by atoms with van der Waals surface area (Å²) < 4.78 is 0. The van der Waals surface area contributed by atoms with Crippen LogP contribution in [0, 0.1) is 5.92 Å². The van der Waals surface area contributed by atoms with Crippen molar-refractivity contribution in [1.82, 2.24) is 20.5 Å². The molecular weight excluding hydrogens is 332 g/mol. The monoisotopic (exact) mass is 356 g/mol. The molecule has 2 heterocycles. The molecule has 7 heteroatoms. The number of amides is 2. The van der Waals surface area contributed by atoms with Crippen molar-refractivity contribution in [2.45, 2.75) is 18.9 Å². The minimum atomic E-state index is -1.10. The van der Waals surface area contributed by atoms with Crippen LogP contribution in [0.25, 0.3) is 10.8 Å². The molecule has 1 unspecified atom stereocenters. The first-order valence-corrected chi connectivity index (χ1v) is 8.86. The number of rotatable bonds is 5. The van der Waals surface area contributed by atoms with Gasteiger partial charge in [-0.1, -0.05) is 24.3 Å². The third-order valence-electron chi connectivity index (χ3n) is 4.99. The summed E-state index contributed by atoms with van der Waals surface area (Å²) in [6.45, 7) is 1.46. The van der Waals surface area contributed by atoms with Crippen molar-refractivity contribution in [2.75, 3.05) is 26.7 Å². The summed E-state index contributed by atoms with van der Waals surface area (Å²) in [6.07, 6.45) is 2.29. The number of pyridine rings is 1. The fourth-order valence-corrected chi connectivity index (χ4v) is 3.68. The lowest BCUT2D eigenvalue weighted by atomic mass is 9.85. The Morgan fingerprint density at radius 2 is 2.04 bits per heavy atom. The minimum absolute atomic E-state index is 0.107. The van der Waals surface area contributed by atoms with Gasteiger partial charge in [0.15, 0.2) is 0 Å². The molecule has 26 heavy (non-hydrogen) atoms. The molecule has 1 aromatic heterocycles. The maximum absolute atomic E-state index is 12.0. The Balaban J connectivity index is 2.09. The van der Waals surface area contributed by atoms with Crippen LogP contribution in [0.5, 0.6) is 0 Å². The van der Waals surface area contributed by atoms with Crippen LogP contribution in [0.1, 0.15) is 24.6 Å². The zero-order chi connectivity index (χ0) is 18.5. The lowest BCUT2D eigenvalue weighted by molar-refractivity contribution is -0.122. The summed E-state index contributed by atoms with van der Waals surface area (Å²) >= 11 is 0. The van der Waals surface area contributed by atoms with E-state index in [0.717, 1.165) is 42.4 Å². The summed E-state index contributed by atoms with van der Waals surface area (Å²) in [5.74, 6) is -0.220. The topological polar surface area (TPSA) is 94.6 Å². The second kappa shape index (κ2) is 8.14. The number of carbonyl (C=O) groups is 2. The molecule has 1 atom stereocenters. The van der Waals surface area contributed by atoms with Crippen LogP contribution in [0.15, 0.2) is 36.5 Å². The predicted octanol–water partition coefficient (Wildman–Crippen LogP) is 2.00. The Kier molecular flexibility index (Phi) is 5.68. The lowest BCUT2D eigenvalue weighted by Gasteiger charge is -2.37. The number of nitrogens with zero attached hydrogens (tertiary/aromatic N) is 2. The summed E-state index contributed by atoms with van der Waals surface area (Å²) in [5.41, 5.74) is 0.723. The molecule has 0 spiro atoms. The van der Waals surface area contributed by atoms with Crippen LogP contribution in [0.2, 0.25) is 0 Å². The Morgan fingerprint density at radius 3 is 2.73 bits per heavy atom. The molecule has 1 saturated heterocycles. The molecule has 138 valence electrons. The van der Waals surface area contributed by atoms with E-state index < -0.39 is 12.1 Å². The number of hydrogen-bond acceptors (Lipinski definition) is 4. The van der Waals surface area contributed by atoms with Crippen molar-refractivity contribution < 1.29 is 14.7 Å². The highest BCUT2D eigenvalue weighted by atomic mass is 16.4. The van der Waals surface area contributed by atoms with Gasteiger partial charge < -0.3 is 15.7 Å². The van der Waals surface area contributed by atoms with Crippen molar-refractivity contribution in [3.8, 4) is 0 Å². The largest absolute Gasteiger partial charge is 0.465 e. The van der Waals surface area contributed by atoms with Gasteiger partial charge in [0.25, 0.3) is 0 Å². The number of aromatic nitrogens is 1. The van der Waals surface area contributed by atoms with Crippen molar-refractivity contribution in [3.63, 3.8) is 0 Å². The highest BCUT2D eigenvalue weighted by Gasteiger charge is 2.36. The van der Waals surface area contributed by atoms with Gasteiger partial charge in [0.05, 0.1) is 11.7 Å². The molecule has 1 fully saturated rings. The van der Waals surface area contributed by atoms with Crippen LogP contribution < -0.4 is 10.6 Å². The normalized spacial score (nSPS) is 16.2. The fraction of sp³-hybridized carbons (Fsp3) is 0.421. The van der Waals surface area contributed by atoms with Crippen LogP contribution in [0.4, 0.5) is 4.79 Å². The minimum Gasteiger partial charge on any atom is -0.465 e. The number of benzene rings is 1. The lowest BCUT2D eigenvalue weighted by Crippen LogP contribution is -2.46. The van der Waals surface area contributed by atoms with E-state index in [1.54, 1.807) is 6.20 Å². The number of carbonyl (C=O) groups excluding carboxylic acids is 1. The van der Waals surface area contributed by atoms with Gasteiger partial charge in [0.2, 0.25) is 5.91 Å². The van der Waals surface area contributed by atoms with E-state index in [0.29, 0.717) is 0 Å². The van der Waals surface area contributed by atoms with Gasteiger partial charge in [-0.15, -0.1) is 0 Å². The molecule has 1 aromatic carbocycles. The Labute approximate surface area is 152 Å². The molecule has 0 bridgehead atoms. The SMILES string of the molecule is CNC(=O)CN(C(=O)O)C(c1nccc2ccccc12)C1CCNCC1. The number of carboxylic acid groups (broad SMARTS) is 1. The van der Waals surface area contributed by atoms with E-state index in [2.05, 4.69) is 15.6 Å². The first-order valence-electron chi connectivity index (χ1n) is 8.86. The summed E-state index contributed by atoms with van der Waals surface area (Å²) in [7, 11) is 1.51. The average molecular weight is 356 g/mol. The third-order valence-corrected chi connectivity index (χ3v) is 4.99. The average Bonchev–Trinajstić information content (AvgIpc) is 2.68. The molecule has 1 aliphatic rings. The molecule has 0 radical (unpaired) electrons. The molecule has 7 nitrogen and oxygen atoms in total. The zero-order valence-corrected chi connectivity index (χ0v) is 14.8. The number of fused-ring (bicyclic) bond motifs is 1. The summed E-state index contributed by atoms with van der Waals surface area (Å²) in [4.78, 5) is 29.8. The first kappa shape index (κ1) is 18.1. The Morgan fingerprint density at radius 1 is 1.31 bits per heavy atom. The zero-order valence-electron chi connectivity index (χ0n) is 14.8. The van der Waals surface area contributed by atoms with Crippen molar-refractivity contribution >= 4 is 22.8 Å². The summed E-state index contributed by atoms with van der Waals surface area (Å²) in [5, 5.41) is 17.6. The maximum atomic E-state index is 12.0. The highest BCUT2D eigenvalue weighted by Crippen LogP contribution is 2.36. The van der Waals surface area contributed by atoms with Crippen LogP contribution in [0.3, 0.4) is 0 Å².